The van der Waals surface area contributed by atoms with Gasteiger partial charge >= 0.3 is 0 Å². The highest BCUT2D eigenvalue weighted by Crippen LogP contribution is 2.33. The Balaban J connectivity index is 1.74. The van der Waals surface area contributed by atoms with Crippen LogP contribution in [0, 0.1) is 19.8 Å². The number of anilines is 2. The number of ether oxygens (including phenoxy) is 1. The summed E-state index contributed by atoms with van der Waals surface area (Å²) in [5.74, 6) is 0.0604. The second-order valence-electron chi connectivity index (χ2n) is 6.44. The fraction of sp³-hybridized carbons (Fsp3) is 0.300. The molecule has 1 heterocycles. The Morgan fingerprint density at radius 3 is 2.52 bits per heavy atom. The number of hydrogen-bond acceptors (Lipinski definition) is 3. The molecule has 2 aromatic rings. The van der Waals surface area contributed by atoms with Crippen molar-refractivity contribution >= 4 is 23.2 Å². The molecule has 2 aromatic carbocycles. The summed E-state index contributed by atoms with van der Waals surface area (Å²) in [5.41, 5.74) is 3.66. The van der Waals surface area contributed by atoms with Crippen molar-refractivity contribution in [3.8, 4) is 5.75 Å². The van der Waals surface area contributed by atoms with Crippen LogP contribution in [0.15, 0.2) is 42.5 Å². The standard InChI is InChI=1S/C20H22N2O3/c1-13-8-14(2)10-16(9-13)21-20(24)15-11-19(23)22(12-15)17-6-4-5-7-18(17)25-3/h4-10,15H,11-12H2,1-3H3,(H,21,24)/t15-/m0/s1. The van der Waals surface area contributed by atoms with Crippen LogP contribution in [0.4, 0.5) is 11.4 Å². The number of rotatable bonds is 4. The van der Waals surface area contributed by atoms with Crippen molar-refractivity contribution in [2.75, 3.05) is 23.9 Å². The number of carbonyl (C=O) groups is 2. The van der Waals surface area contributed by atoms with Gasteiger partial charge in [0.05, 0.1) is 18.7 Å². The van der Waals surface area contributed by atoms with Gasteiger partial charge in [-0.2, -0.15) is 0 Å². The molecule has 1 fully saturated rings. The van der Waals surface area contributed by atoms with Gasteiger partial charge in [0.25, 0.3) is 0 Å². The normalized spacial score (nSPS) is 16.8. The summed E-state index contributed by atoms with van der Waals surface area (Å²) in [4.78, 5) is 26.6. The molecule has 1 aliphatic heterocycles. The van der Waals surface area contributed by atoms with Crippen LogP contribution in [-0.2, 0) is 9.59 Å². The smallest absolute Gasteiger partial charge is 0.229 e. The second kappa shape index (κ2) is 6.97. The van der Waals surface area contributed by atoms with E-state index in [1.165, 1.54) is 0 Å². The lowest BCUT2D eigenvalue weighted by Gasteiger charge is -2.19. The topological polar surface area (TPSA) is 58.6 Å². The summed E-state index contributed by atoms with van der Waals surface area (Å²) in [6.45, 7) is 4.34. The van der Waals surface area contributed by atoms with Crippen molar-refractivity contribution in [1.29, 1.82) is 0 Å². The molecule has 2 amide bonds. The first-order valence-electron chi connectivity index (χ1n) is 8.30. The molecule has 5 heteroatoms. The molecule has 0 aromatic heterocycles. The van der Waals surface area contributed by atoms with E-state index >= 15 is 0 Å². The number of hydrogen-bond donors (Lipinski definition) is 1. The Hall–Kier alpha value is -2.82. The summed E-state index contributed by atoms with van der Waals surface area (Å²) in [7, 11) is 1.57. The third kappa shape index (κ3) is 3.65. The molecule has 1 saturated heterocycles. The number of para-hydroxylation sites is 2. The SMILES string of the molecule is COc1ccccc1N1C[C@@H](C(=O)Nc2cc(C)cc(C)c2)CC1=O. The lowest BCUT2D eigenvalue weighted by atomic mass is 10.1. The van der Waals surface area contributed by atoms with Crippen molar-refractivity contribution in [2.45, 2.75) is 20.3 Å². The third-order valence-electron chi connectivity index (χ3n) is 4.36. The number of nitrogens with one attached hydrogen (secondary N) is 1. The monoisotopic (exact) mass is 338 g/mol. The van der Waals surface area contributed by atoms with Gasteiger partial charge in [0, 0.05) is 18.7 Å². The van der Waals surface area contributed by atoms with E-state index < -0.39 is 0 Å². The fourth-order valence-electron chi connectivity index (χ4n) is 3.26. The maximum absolute atomic E-state index is 12.6. The van der Waals surface area contributed by atoms with E-state index in [-0.39, 0.29) is 24.2 Å². The number of methoxy groups -OCH3 is 1. The third-order valence-corrected chi connectivity index (χ3v) is 4.36. The maximum atomic E-state index is 12.6. The van der Waals surface area contributed by atoms with E-state index in [2.05, 4.69) is 11.4 Å². The number of benzene rings is 2. The second-order valence-corrected chi connectivity index (χ2v) is 6.44. The van der Waals surface area contributed by atoms with Crippen LogP contribution < -0.4 is 15.0 Å². The molecule has 0 bridgehead atoms. The van der Waals surface area contributed by atoms with Crippen LogP contribution >= 0.6 is 0 Å². The molecule has 0 saturated carbocycles. The van der Waals surface area contributed by atoms with Crippen LogP contribution in [0.2, 0.25) is 0 Å². The molecule has 1 aliphatic rings. The molecule has 1 N–H and O–H groups in total. The van der Waals surface area contributed by atoms with Crippen LogP contribution in [0.3, 0.4) is 0 Å². The summed E-state index contributed by atoms with van der Waals surface area (Å²) in [6.07, 6.45) is 0.203. The average Bonchev–Trinajstić information content (AvgIpc) is 2.95. The van der Waals surface area contributed by atoms with E-state index in [1.54, 1.807) is 12.0 Å². The van der Waals surface area contributed by atoms with Crippen LogP contribution in [0.25, 0.3) is 0 Å². The van der Waals surface area contributed by atoms with Crippen molar-refractivity contribution in [1.82, 2.24) is 0 Å². The van der Waals surface area contributed by atoms with Gasteiger partial charge in [-0.05, 0) is 49.2 Å². The van der Waals surface area contributed by atoms with E-state index in [0.717, 1.165) is 16.8 Å². The Kier molecular flexibility index (Phi) is 4.74. The van der Waals surface area contributed by atoms with Gasteiger partial charge in [0.1, 0.15) is 5.75 Å². The van der Waals surface area contributed by atoms with Crippen molar-refractivity contribution in [3.63, 3.8) is 0 Å². The van der Waals surface area contributed by atoms with E-state index in [9.17, 15) is 9.59 Å². The van der Waals surface area contributed by atoms with Gasteiger partial charge in [-0.3, -0.25) is 9.59 Å². The van der Waals surface area contributed by atoms with Crippen LogP contribution in [0.1, 0.15) is 17.5 Å². The Bertz CT molecular complexity index is 796. The quantitative estimate of drug-likeness (QED) is 0.930. The number of aryl methyl sites for hydroxylation is 2. The first kappa shape index (κ1) is 17.0. The van der Waals surface area contributed by atoms with Crippen molar-refractivity contribution in [2.24, 2.45) is 5.92 Å². The Morgan fingerprint density at radius 1 is 1.16 bits per heavy atom. The van der Waals surface area contributed by atoms with Gasteiger partial charge in [0.15, 0.2) is 0 Å². The minimum Gasteiger partial charge on any atom is -0.495 e. The molecule has 1 atom stereocenters. The summed E-state index contributed by atoms with van der Waals surface area (Å²) < 4.78 is 5.33. The highest BCUT2D eigenvalue weighted by Gasteiger charge is 2.36. The summed E-state index contributed by atoms with van der Waals surface area (Å²) >= 11 is 0. The lowest BCUT2D eigenvalue weighted by molar-refractivity contribution is -0.122. The summed E-state index contributed by atoms with van der Waals surface area (Å²) in [6, 6.07) is 13.3. The number of carbonyl (C=O) groups excluding carboxylic acids is 2. The predicted molar refractivity (Wildman–Crippen MR) is 98.0 cm³/mol. The number of nitrogens with zero attached hydrogens (tertiary/aromatic N) is 1. The molecule has 0 radical (unpaired) electrons. The zero-order chi connectivity index (χ0) is 18.0. The molecular weight excluding hydrogens is 316 g/mol. The van der Waals surface area contributed by atoms with Gasteiger partial charge in [-0.1, -0.05) is 18.2 Å². The van der Waals surface area contributed by atoms with E-state index in [0.29, 0.717) is 18.0 Å². The minimum absolute atomic E-state index is 0.0647. The van der Waals surface area contributed by atoms with Crippen molar-refractivity contribution in [3.05, 3.63) is 53.6 Å². The van der Waals surface area contributed by atoms with Gasteiger partial charge in [0.2, 0.25) is 11.8 Å². The van der Waals surface area contributed by atoms with Crippen LogP contribution in [-0.4, -0.2) is 25.5 Å². The van der Waals surface area contributed by atoms with Gasteiger partial charge in [-0.15, -0.1) is 0 Å². The van der Waals surface area contributed by atoms with Crippen LogP contribution in [0.5, 0.6) is 5.75 Å². The molecular formula is C20H22N2O3. The molecule has 3 rings (SSSR count). The molecule has 0 spiro atoms. The van der Waals surface area contributed by atoms with Gasteiger partial charge in [-0.25, -0.2) is 0 Å². The van der Waals surface area contributed by atoms with Gasteiger partial charge < -0.3 is 15.0 Å². The highest BCUT2D eigenvalue weighted by atomic mass is 16.5. The fourth-order valence-corrected chi connectivity index (χ4v) is 3.26. The summed E-state index contributed by atoms with van der Waals surface area (Å²) in [5, 5.41) is 2.94. The number of amides is 2. The lowest BCUT2D eigenvalue weighted by Crippen LogP contribution is -2.28. The Morgan fingerprint density at radius 2 is 1.84 bits per heavy atom. The van der Waals surface area contributed by atoms with Crippen molar-refractivity contribution < 1.29 is 14.3 Å². The van der Waals surface area contributed by atoms with E-state index in [4.69, 9.17) is 4.74 Å². The highest BCUT2D eigenvalue weighted by molar-refractivity contribution is 6.04. The van der Waals surface area contributed by atoms with E-state index in [1.807, 2.05) is 50.2 Å². The molecule has 0 aliphatic carbocycles. The first-order chi connectivity index (χ1) is 12.0. The first-order valence-corrected chi connectivity index (χ1v) is 8.30. The minimum atomic E-state index is -0.377. The molecule has 0 unspecified atom stereocenters. The zero-order valence-electron chi connectivity index (χ0n) is 14.7. The molecule has 25 heavy (non-hydrogen) atoms. The zero-order valence-corrected chi connectivity index (χ0v) is 14.7. The largest absolute Gasteiger partial charge is 0.495 e. The molecule has 5 nitrogen and oxygen atoms in total. The maximum Gasteiger partial charge on any atom is 0.229 e. The predicted octanol–water partition coefficient (Wildman–Crippen LogP) is 3.30. The average molecular weight is 338 g/mol. The molecule has 130 valence electrons. The Labute approximate surface area is 147 Å².